The molecule has 0 aliphatic heterocycles. The van der Waals surface area contributed by atoms with Crippen molar-refractivity contribution in [3.05, 3.63) is 43.1 Å². The molecule has 1 radical (unpaired) electrons. The zero-order chi connectivity index (χ0) is 7.40. The molecule has 1 aromatic rings. The summed E-state index contributed by atoms with van der Waals surface area (Å²) in [5, 5.41) is 0. The maximum atomic E-state index is 4.14. The third-order valence-electron chi connectivity index (χ3n) is 1.38. The van der Waals surface area contributed by atoms with E-state index in [4.69, 9.17) is 0 Å². The number of hydrogen-bond donors (Lipinski definition) is 0. The van der Waals surface area contributed by atoms with Gasteiger partial charge in [0.05, 0.1) is 5.69 Å². The molecule has 1 aromatic heterocycles. The van der Waals surface area contributed by atoms with E-state index >= 15 is 0 Å². The summed E-state index contributed by atoms with van der Waals surface area (Å²) < 4.78 is 0. The zero-order valence-corrected chi connectivity index (χ0v) is 6.04. The highest BCUT2D eigenvalue weighted by Crippen LogP contribution is 2.07. The SMILES string of the molecule is [CH2]/C=C(/C)c1ccccn1. The van der Waals surface area contributed by atoms with E-state index in [0.717, 1.165) is 11.3 Å². The minimum absolute atomic E-state index is 0.998. The molecule has 0 fully saturated rings. The zero-order valence-electron chi connectivity index (χ0n) is 6.04. The first-order valence-corrected chi connectivity index (χ1v) is 3.22. The maximum absolute atomic E-state index is 4.14. The van der Waals surface area contributed by atoms with E-state index < -0.39 is 0 Å². The summed E-state index contributed by atoms with van der Waals surface area (Å²) in [6, 6.07) is 5.84. The number of nitrogens with zero attached hydrogens (tertiary/aromatic N) is 1. The fourth-order valence-corrected chi connectivity index (χ4v) is 0.701. The average Bonchev–Trinajstić information content (AvgIpc) is 2.05. The van der Waals surface area contributed by atoms with Crippen molar-refractivity contribution >= 4 is 5.57 Å². The minimum atomic E-state index is 0.998. The number of rotatable bonds is 1. The van der Waals surface area contributed by atoms with Crippen LogP contribution in [0.2, 0.25) is 0 Å². The monoisotopic (exact) mass is 132 g/mol. The summed E-state index contributed by atoms with van der Waals surface area (Å²) >= 11 is 0. The molecule has 1 heterocycles. The Labute approximate surface area is 61.4 Å². The second-order valence-electron chi connectivity index (χ2n) is 2.10. The van der Waals surface area contributed by atoms with E-state index in [0.29, 0.717) is 0 Å². The summed E-state index contributed by atoms with van der Waals surface area (Å²) in [5.41, 5.74) is 2.11. The normalized spacial score (nSPS) is 11.6. The molecule has 0 aromatic carbocycles. The van der Waals surface area contributed by atoms with E-state index in [1.807, 2.05) is 31.2 Å². The first-order valence-electron chi connectivity index (χ1n) is 3.22. The summed E-state index contributed by atoms with van der Waals surface area (Å²) in [5.74, 6) is 0. The molecule has 0 aliphatic rings. The van der Waals surface area contributed by atoms with E-state index in [1.165, 1.54) is 0 Å². The third-order valence-corrected chi connectivity index (χ3v) is 1.38. The van der Waals surface area contributed by atoms with Crippen molar-refractivity contribution in [2.75, 3.05) is 0 Å². The molecule has 0 bridgehead atoms. The van der Waals surface area contributed by atoms with Gasteiger partial charge in [-0.1, -0.05) is 12.1 Å². The first-order chi connectivity index (χ1) is 4.84. The van der Waals surface area contributed by atoms with Crippen molar-refractivity contribution in [2.24, 2.45) is 0 Å². The summed E-state index contributed by atoms with van der Waals surface area (Å²) in [7, 11) is 0. The van der Waals surface area contributed by atoms with Crippen molar-refractivity contribution in [3.63, 3.8) is 0 Å². The molecule has 0 amide bonds. The number of allylic oxidation sites excluding steroid dienone is 2. The van der Waals surface area contributed by atoms with Gasteiger partial charge in [0.25, 0.3) is 0 Å². The van der Waals surface area contributed by atoms with Gasteiger partial charge in [-0.25, -0.2) is 0 Å². The molecular formula is C9H10N. The lowest BCUT2D eigenvalue weighted by atomic mass is 10.2. The van der Waals surface area contributed by atoms with Crippen LogP contribution in [0.3, 0.4) is 0 Å². The predicted molar refractivity (Wildman–Crippen MR) is 43.2 cm³/mol. The quantitative estimate of drug-likeness (QED) is 0.571. The second kappa shape index (κ2) is 3.16. The Morgan fingerprint density at radius 2 is 2.40 bits per heavy atom. The van der Waals surface area contributed by atoms with Gasteiger partial charge in [-0.3, -0.25) is 4.98 Å². The lowest BCUT2D eigenvalue weighted by molar-refractivity contribution is 1.27. The molecule has 0 N–H and O–H groups in total. The standard InChI is InChI=1S/C9H10N/c1-3-8(2)9-6-4-5-7-10-9/h3-7H,1H2,2H3/b8-3-. The molecule has 0 unspecified atom stereocenters. The van der Waals surface area contributed by atoms with Crippen LogP contribution >= 0.6 is 0 Å². The van der Waals surface area contributed by atoms with Crippen LogP contribution in [0, 0.1) is 6.92 Å². The maximum Gasteiger partial charge on any atom is 0.0655 e. The molecule has 10 heavy (non-hydrogen) atoms. The average molecular weight is 132 g/mol. The van der Waals surface area contributed by atoms with Crippen LogP contribution in [0.15, 0.2) is 30.5 Å². The molecule has 0 saturated carbocycles. The van der Waals surface area contributed by atoms with Crippen LogP contribution in [0.4, 0.5) is 0 Å². The van der Waals surface area contributed by atoms with Crippen LogP contribution in [0.1, 0.15) is 12.6 Å². The molecule has 0 spiro atoms. The molecule has 1 rings (SSSR count). The van der Waals surface area contributed by atoms with Crippen molar-refractivity contribution in [3.8, 4) is 0 Å². The van der Waals surface area contributed by atoms with Crippen LogP contribution < -0.4 is 0 Å². The van der Waals surface area contributed by atoms with Crippen molar-refractivity contribution in [2.45, 2.75) is 6.92 Å². The molecule has 1 heteroatoms. The second-order valence-corrected chi connectivity index (χ2v) is 2.10. The Kier molecular flexibility index (Phi) is 2.21. The van der Waals surface area contributed by atoms with Crippen LogP contribution in [0.5, 0.6) is 0 Å². The summed E-state index contributed by atoms with van der Waals surface area (Å²) in [4.78, 5) is 4.14. The van der Waals surface area contributed by atoms with Gasteiger partial charge in [0, 0.05) is 6.20 Å². The van der Waals surface area contributed by atoms with Crippen LogP contribution in [-0.4, -0.2) is 4.98 Å². The van der Waals surface area contributed by atoms with Gasteiger partial charge in [0.1, 0.15) is 0 Å². The van der Waals surface area contributed by atoms with Gasteiger partial charge in [0.2, 0.25) is 0 Å². The van der Waals surface area contributed by atoms with E-state index in [9.17, 15) is 0 Å². The summed E-state index contributed by atoms with van der Waals surface area (Å²) in [6.07, 6.45) is 3.59. The van der Waals surface area contributed by atoms with Gasteiger partial charge in [0.15, 0.2) is 0 Å². The van der Waals surface area contributed by atoms with Gasteiger partial charge in [-0.15, -0.1) is 0 Å². The summed E-state index contributed by atoms with van der Waals surface area (Å²) in [6.45, 7) is 5.66. The van der Waals surface area contributed by atoms with E-state index in [-0.39, 0.29) is 0 Å². The molecule has 0 atom stereocenters. The number of pyridine rings is 1. The Bertz CT molecular complexity index is 224. The lowest BCUT2D eigenvalue weighted by Gasteiger charge is -1.95. The molecule has 0 saturated heterocycles. The number of hydrogen-bond acceptors (Lipinski definition) is 1. The number of aromatic nitrogens is 1. The van der Waals surface area contributed by atoms with Crippen molar-refractivity contribution in [1.29, 1.82) is 0 Å². The topological polar surface area (TPSA) is 12.9 Å². The van der Waals surface area contributed by atoms with E-state index in [1.54, 1.807) is 6.20 Å². The van der Waals surface area contributed by atoms with Gasteiger partial charge < -0.3 is 0 Å². The van der Waals surface area contributed by atoms with Gasteiger partial charge >= 0.3 is 0 Å². The smallest absolute Gasteiger partial charge is 0.0655 e. The van der Waals surface area contributed by atoms with Gasteiger partial charge in [-0.05, 0) is 31.6 Å². The first kappa shape index (κ1) is 7.00. The molecule has 51 valence electrons. The largest absolute Gasteiger partial charge is 0.257 e. The molecular weight excluding hydrogens is 122 g/mol. The highest BCUT2D eigenvalue weighted by Gasteiger charge is 1.90. The van der Waals surface area contributed by atoms with Crippen molar-refractivity contribution in [1.82, 2.24) is 4.98 Å². The predicted octanol–water partition coefficient (Wildman–Crippen LogP) is 2.32. The van der Waals surface area contributed by atoms with Crippen LogP contribution in [-0.2, 0) is 0 Å². The van der Waals surface area contributed by atoms with Crippen LogP contribution in [0.25, 0.3) is 5.57 Å². The lowest BCUT2D eigenvalue weighted by Crippen LogP contribution is -1.81. The highest BCUT2D eigenvalue weighted by molar-refractivity contribution is 5.60. The van der Waals surface area contributed by atoms with Gasteiger partial charge in [-0.2, -0.15) is 0 Å². The fourth-order valence-electron chi connectivity index (χ4n) is 0.701. The Morgan fingerprint density at radius 1 is 1.60 bits per heavy atom. The van der Waals surface area contributed by atoms with Crippen molar-refractivity contribution < 1.29 is 0 Å². The third kappa shape index (κ3) is 1.44. The Hall–Kier alpha value is -1.11. The highest BCUT2D eigenvalue weighted by atomic mass is 14.7. The Balaban J connectivity index is 2.96. The minimum Gasteiger partial charge on any atom is -0.257 e. The Morgan fingerprint density at radius 3 is 2.90 bits per heavy atom. The van der Waals surface area contributed by atoms with E-state index in [2.05, 4.69) is 11.9 Å². The fraction of sp³-hybridized carbons (Fsp3) is 0.111. The molecule has 0 aliphatic carbocycles. The molecule has 1 nitrogen and oxygen atoms in total.